The van der Waals surface area contributed by atoms with Gasteiger partial charge in [-0.3, -0.25) is 10.5 Å². The van der Waals surface area contributed by atoms with Crippen molar-refractivity contribution in [2.75, 3.05) is 6.61 Å². The molecule has 0 aliphatic heterocycles. The molecule has 2 unspecified atom stereocenters. The summed E-state index contributed by atoms with van der Waals surface area (Å²) in [5.41, 5.74) is 7.24. The zero-order chi connectivity index (χ0) is 17.9. The van der Waals surface area contributed by atoms with Crippen molar-refractivity contribution >= 4 is 16.7 Å². The van der Waals surface area contributed by atoms with Gasteiger partial charge in [0.25, 0.3) is 0 Å². The predicted molar refractivity (Wildman–Crippen MR) is 97.3 cm³/mol. The molecule has 0 radical (unpaired) electrons. The number of aliphatic hydroxyl groups excluding tert-OH is 1. The molecular weight excluding hydrogens is 316 g/mol. The standard InChI is InChI=1S/C20H22N2O3/c1-14(23)13-25-20(21,19(24)15-6-3-2-4-7-15)12-16-8-5-9-18-17(16)10-11-22-18/h2-11,14,22-23H,12-13,21H2,1H3. The van der Waals surface area contributed by atoms with E-state index < -0.39 is 11.8 Å². The molecule has 3 aromatic rings. The van der Waals surface area contributed by atoms with Crippen LogP contribution in [-0.2, 0) is 11.2 Å². The molecule has 0 spiro atoms. The number of benzene rings is 2. The van der Waals surface area contributed by atoms with Crippen LogP contribution in [0.3, 0.4) is 0 Å². The Morgan fingerprint density at radius 2 is 1.96 bits per heavy atom. The summed E-state index contributed by atoms with van der Waals surface area (Å²) in [6, 6.07) is 16.6. The van der Waals surface area contributed by atoms with Gasteiger partial charge in [-0.05, 0) is 24.6 Å². The average molecular weight is 338 g/mol. The summed E-state index contributed by atoms with van der Waals surface area (Å²) in [7, 11) is 0. The van der Waals surface area contributed by atoms with Crippen LogP contribution in [0, 0.1) is 0 Å². The van der Waals surface area contributed by atoms with Crippen LogP contribution in [0.5, 0.6) is 0 Å². The Hall–Kier alpha value is -2.47. The topological polar surface area (TPSA) is 88.3 Å². The molecule has 0 aliphatic rings. The first-order valence-corrected chi connectivity index (χ1v) is 8.25. The molecule has 0 amide bonds. The first-order chi connectivity index (χ1) is 12.0. The predicted octanol–water partition coefficient (Wildman–Crippen LogP) is 2.65. The van der Waals surface area contributed by atoms with E-state index in [9.17, 15) is 9.90 Å². The largest absolute Gasteiger partial charge is 0.391 e. The van der Waals surface area contributed by atoms with Gasteiger partial charge in [0.1, 0.15) is 0 Å². The fourth-order valence-corrected chi connectivity index (χ4v) is 2.89. The van der Waals surface area contributed by atoms with Crippen LogP contribution in [-0.4, -0.2) is 34.3 Å². The van der Waals surface area contributed by atoms with Crippen molar-refractivity contribution in [3.8, 4) is 0 Å². The highest BCUT2D eigenvalue weighted by Crippen LogP contribution is 2.24. The number of carbonyl (C=O) groups is 1. The molecule has 3 rings (SSSR count). The number of carbonyl (C=O) groups excluding carboxylic acids is 1. The maximum atomic E-state index is 13.0. The van der Waals surface area contributed by atoms with Crippen molar-refractivity contribution in [3.05, 3.63) is 71.9 Å². The number of aromatic amines is 1. The summed E-state index contributed by atoms with van der Waals surface area (Å²) in [5.74, 6) is -0.304. The Morgan fingerprint density at radius 3 is 2.68 bits per heavy atom. The lowest BCUT2D eigenvalue weighted by molar-refractivity contribution is -0.0526. The van der Waals surface area contributed by atoms with Crippen LogP contribution in [0.15, 0.2) is 60.8 Å². The van der Waals surface area contributed by atoms with Crippen molar-refractivity contribution < 1.29 is 14.6 Å². The lowest BCUT2D eigenvalue weighted by atomic mass is 9.93. The maximum Gasteiger partial charge on any atom is 0.209 e. The lowest BCUT2D eigenvalue weighted by Gasteiger charge is -2.29. The first-order valence-electron chi connectivity index (χ1n) is 8.25. The van der Waals surface area contributed by atoms with E-state index in [0.29, 0.717) is 5.56 Å². The molecular formula is C20H22N2O3. The van der Waals surface area contributed by atoms with E-state index >= 15 is 0 Å². The summed E-state index contributed by atoms with van der Waals surface area (Å²) >= 11 is 0. The Balaban J connectivity index is 1.96. The smallest absolute Gasteiger partial charge is 0.209 e. The third kappa shape index (κ3) is 3.79. The Bertz CT molecular complexity index is 858. The van der Waals surface area contributed by atoms with Crippen LogP contribution < -0.4 is 5.73 Å². The molecule has 5 nitrogen and oxygen atoms in total. The summed E-state index contributed by atoms with van der Waals surface area (Å²) in [5, 5.41) is 10.6. The number of aromatic nitrogens is 1. The number of rotatable bonds is 7. The minimum absolute atomic E-state index is 0.0157. The van der Waals surface area contributed by atoms with Crippen LogP contribution in [0.2, 0.25) is 0 Å². The molecule has 4 N–H and O–H groups in total. The molecule has 0 fully saturated rings. The fraction of sp³-hybridized carbons (Fsp3) is 0.250. The number of hydrogen-bond donors (Lipinski definition) is 3. The number of Topliss-reactive ketones (excluding diaryl/α,β-unsaturated/α-hetero) is 1. The zero-order valence-corrected chi connectivity index (χ0v) is 14.1. The maximum absolute atomic E-state index is 13.0. The Labute approximate surface area is 146 Å². The molecule has 130 valence electrons. The quantitative estimate of drug-likeness (QED) is 0.456. The third-order valence-electron chi connectivity index (χ3n) is 4.14. The molecule has 1 heterocycles. The molecule has 25 heavy (non-hydrogen) atoms. The lowest BCUT2D eigenvalue weighted by Crippen LogP contribution is -2.53. The van der Waals surface area contributed by atoms with Gasteiger partial charge in [0.05, 0.1) is 12.7 Å². The second-order valence-electron chi connectivity index (χ2n) is 6.28. The van der Waals surface area contributed by atoms with Crippen LogP contribution >= 0.6 is 0 Å². The fourth-order valence-electron chi connectivity index (χ4n) is 2.89. The summed E-state index contributed by atoms with van der Waals surface area (Å²) in [6.07, 6.45) is 1.35. The number of aliphatic hydroxyl groups is 1. The van der Waals surface area contributed by atoms with E-state index in [1.807, 2.05) is 36.5 Å². The number of nitrogens with one attached hydrogen (secondary N) is 1. The van der Waals surface area contributed by atoms with Crippen molar-refractivity contribution in [2.24, 2.45) is 5.73 Å². The van der Waals surface area contributed by atoms with E-state index in [1.165, 1.54) is 0 Å². The van der Waals surface area contributed by atoms with Crippen LogP contribution in [0.25, 0.3) is 10.9 Å². The van der Waals surface area contributed by atoms with Gasteiger partial charge in [-0.1, -0.05) is 42.5 Å². The number of H-pyrrole nitrogens is 1. The van der Waals surface area contributed by atoms with E-state index in [0.717, 1.165) is 16.5 Å². The second-order valence-corrected chi connectivity index (χ2v) is 6.28. The highest BCUT2D eigenvalue weighted by molar-refractivity contribution is 6.02. The van der Waals surface area contributed by atoms with Crippen molar-refractivity contribution in [3.63, 3.8) is 0 Å². The van der Waals surface area contributed by atoms with Gasteiger partial charge in [-0.15, -0.1) is 0 Å². The van der Waals surface area contributed by atoms with E-state index in [2.05, 4.69) is 4.98 Å². The van der Waals surface area contributed by atoms with E-state index in [-0.39, 0.29) is 18.8 Å². The molecule has 0 saturated carbocycles. The van der Waals surface area contributed by atoms with E-state index in [4.69, 9.17) is 10.5 Å². The molecule has 2 aromatic carbocycles. The van der Waals surface area contributed by atoms with Gasteiger partial charge in [0.15, 0.2) is 5.72 Å². The summed E-state index contributed by atoms with van der Waals surface area (Å²) in [6.45, 7) is 1.58. The van der Waals surface area contributed by atoms with Crippen LogP contribution in [0.4, 0.5) is 0 Å². The second kappa shape index (κ2) is 7.19. The number of hydrogen-bond acceptors (Lipinski definition) is 4. The minimum atomic E-state index is -1.55. The monoisotopic (exact) mass is 338 g/mol. The average Bonchev–Trinajstić information content (AvgIpc) is 3.10. The molecule has 1 aromatic heterocycles. The molecule has 0 saturated heterocycles. The number of ether oxygens (including phenoxy) is 1. The van der Waals surface area contributed by atoms with Gasteiger partial charge < -0.3 is 14.8 Å². The zero-order valence-electron chi connectivity index (χ0n) is 14.1. The van der Waals surface area contributed by atoms with Crippen molar-refractivity contribution in [2.45, 2.75) is 25.2 Å². The van der Waals surface area contributed by atoms with Gasteiger partial charge in [-0.2, -0.15) is 0 Å². The van der Waals surface area contributed by atoms with Gasteiger partial charge >= 0.3 is 0 Å². The van der Waals surface area contributed by atoms with E-state index in [1.54, 1.807) is 31.2 Å². The normalized spacial score (nSPS) is 15.0. The highest BCUT2D eigenvalue weighted by atomic mass is 16.5. The van der Waals surface area contributed by atoms with Crippen molar-refractivity contribution in [1.82, 2.24) is 4.98 Å². The molecule has 5 heteroatoms. The summed E-state index contributed by atoms with van der Waals surface area (Å²) < 4.78 is 5.70. The number of fused-ring (bicyclic) bond motifs is 1. The third-order valence-corrected chi connectivity index (χ3v) is 4.14. The number of nitrogens with two attached hydrogens (primary N) is 1. The van der Waals surface area contributed by atoms with Crippen molar-refractivity contribution in [1.29, 1.82) is 0 Å². The van der Waals surface area contributed by atoms with Gasteiger partial charge in [-0.25, -0.2) is 0 Å². The van der Waals surface area contributed by atoms with Gasteiger partial charge in [0.2, 0.25) is 5.78 Å². The van der Waals surface area contributed by atoms with Crippen LogP contribution in [0.1, 0.15) is 22.8 Å². The Kier molecular flexibility index (Phi) is 4.99. The van der Waals surface area contributed by atoms with Gasteiger partial charge in [0, 0.05) is 29.1 Å². The highest BCUT2D eigenvalue weighted by Gasteiger charge is 2.37. The Morgan fingerprint density at radius 1 is 1.20 bits per heavy atom. The number of ketones is 1. The molecule has 2 atom stereocenters. The summed E-state index contributed by atoms with van der Waals surface area (Å²) in [4.78, 5) is 16.2. The minimum Gasteiger partial charge on any atom is -0.391 e. The molecule has 0 bridgehead atoms. The SMILES string of the molecule is CC(O)COC(N)(Cc1cccc2[nH]ccc12)C(=O)c1ccccc1. The molecule has 0 aliphatic carbocycles. The first kappa shape index (κ1) is 17.4.